The van der Waals surface area contributed by atoms with E-state index in [2.05, 4.69) is 19.2 Å². The number of benzene rings is 1. The first kappa shape index (κ1) is 21.2. The van der Waals surface area contributed by atoms with Crippen LogP contribution in [0, 0.1) is 11.3 Å². The highest BCUT2D eigenvalue weighted by Gasteiger charge is 2.66. The van der Waals surface area contributed by atoms with E-state index in [4.69, 9.17) is 9.47 Å². The Morgan fingerprint density at radius 2 is 1.89 bits per heavy atom. The molecule has 2 N–H and O–H groups in total. The van der Waals surface area contributed by atoms with Gasteiger partial charge in [0.15, 0.2) is 0 Å². The summed E-state index contributed by atoms with van der Waals surface area (Å²) >= 11 is 0. The molecule has 2 rings (SSSR count). The second kappa shape index (κ2) is 8.30. The number of aliphatic carboxylic acids is 1. The molecule has 2 unspecified atom stereocenters. The van der Waals surface area contributed by atoms with Gasteiger partial charge in [-0.15, -0.1) is 0 Å². The predicted octanol–water partition coefficient (Wildman–Crippen LogP) is 3.04. The SMILES string of the molecule is CCOC1CC(NC(=O)Cc2ccc(OCC(C)C)cc2)(C(=O)O)C1(C)C. The summed E-state index contributed by atoms with van der Waals surface area (Å²) in [5, 5.41) is 12.5. The number of carbonyl (C=O) groups excluding carboxylic acids is 1. The first-order valence-electron chi connectivity index (χ1n) is 9.50. The Kier molecular flexibility index (Phi) is 6.52. The summed E-state index contributed by atoms with van der Waals surface area (Å²) in [5.74, 6) is -0.130. The number of ether oxygens (including phenoxy) is 2. The largest absolute Gasteiger partial charge is 0.493 e. The molecule has 1 aliphatic carbocycles. The highest BCUT2D eigenvalue weighted by Crippen LogP contribution is 2.51. The van der Waals surface area contributed by atoms with Gasteiger partial charge in [0.25, 0.3) is 0 Å². The van der Waals surface area contributed by atoms with E-state index in [0.717, 1.165) is 11.3 Å². The lowest BCUT2D eigenvalue weighted by Crippen LogP contribution is -2.76. The van der Waals surface area contributed by atoms with Crippen LogP contribution in [0.1, 0.15) is 46.6 Å². The van der Waals surface area contributed by atoms with E-state index in [1.165, 1.54) is 0 Å². The predicted molar refractivity (Wildman–Crippen MR) is 103 cm³/mol. The Morgan fingerprint density at radius 1 is 1.26 bits per heavy atom. The number of carboxylic acid groups (broad SMARTS) is 1. The first-order chi connectivity index (χ1) is 12.6. The number of rotatable bonds is 9. The van der Waals surface area contributed by atoms with Gasteiger partial charge < -0.3 is 19.9 Å². The van der Waals surface area contributed by atoms with Crippen LogP contribution in [-0.4, -0.2) is 41.8 Å². The van der Waals surface area contributed by atoms with Crippen LogP contribution in [0.15, 0.2) is 24.3 Å². The molecule has 0 heterocycles. The minimum absolute atomic E-state index is 0.120. The molecule has 1 aromatic rings. The molecule has 0 aliphatic heterocycles. The molecule has 1 amide bonds. The van der Waals surface area contributed by atoms with E-state index >= 15 is 0 Å². The molecule has 0 aromatic heterocycles. The Morgan fingerprint density at radius 3 is 2.37 bits per heavy atom. The zero-order valence-electron chi connectivity index (χ0n) is 16.9. The summed E-state index contributed by atoms with van der Waals surface area (Å²) in [6, 6.07) is 7.32. The zero-order valence-corrected chi connectivity index (χ0v) is 16.9. The Bertz CT molecular complexity index is 668. The molecular formula is C21H31NO5. The molecular weight excluding hydrogens is 346 g/mol. The van der Waals surface area contributed by atoms with Gasteiger partial charge in [0.2, 0.25) is 5.91 Å². The molecule has 27 heavy (non-hydrogen) atoms. The van der Waals surface area contributed by atoms with Crippen molar-refractivity contribution in [2.24, 2.45) is 11.3 Å². The average molecular weight is 377 g/mol. The standard InChI is InChI=1S/C21H31NO5/c1-6-26-17-12-21(19(24)25,20(17,4)5)22-18(23)11-15-7-9-16(10-8-15)27-13-14(2)3/h7-10,14,17H,6,11-13H2,1-5H3,(H,22,23)(H,24,25). The smallest absolute Gasteiger partial charge is 0.330 e. The van der Waals surface area contributed by atoms with Crippen molar-refractivity contribution in [3.05, 3.63) is 29.8 Å². The van der Waals surface area contributed by atoms with E-state index in [1.807, 2.05) is 45.0 Å². The van der Waals surface area contributed by atoms with Crippen molar-refractivity contribution in [3.8, 4) is 5.75 Å². The van der Waals surface area contributed by atoms with Crippen LogP contribution in [0.25, 0.3) is 0 Å². The maximum Gasteiger partial charge on any atom is 0.330 e. The van der Waals surface area contributed by atoms with Gasteiger partial charge in [-0.3, -0.25) is 4.79 Å². The first-order valence-corrected chi connectivity index (χ1v) is 9.50. The van der Waals surface area contributed by atoms with Crippen LogP contribution in [-0.2, 0) is 20.7 Å². The highest BCUT2D eigenvalue weighted by atomic mass is 16.5. The number of nitrogens with one attached hydrogen (secondary N) is 1. The number of carbonyl (C=O) groups is 2. The van der Waals surface area contributed by atoms with E-state index in [0.29, 0.717) is 19.1 Å². The molecule has 1 fully saturated rings. The number of hydrogen-bond acceptors (Lipinski definition) is 4. The normalized spacial score (nSPS) is 23.6. The third-order valence-electron chi connectivity index (χ3n) is 5.35. The van der Waals surface area contributed by atoms with Crippen LogP contribution < -0.4 is 10.1 Å². The lowest BCUT2D eigenvalue weighted by molar-refractivity contribution is -0.194. The topological polar surface area (TPSA) is 84.9 Å². The second-order valence-electron chi connectivity index (χ2n) is 8.15. The quantitative estimate of drug-likeness (QED) is 0.691. The summed E-state index contributed by atoms with van der Waals surface area (Å²) in [6.45, 7) is 10.8. The van der Waals surface area contributed by atoms with Gasteiger partial charge in [-0.25, -0.2) is 4.79 Å². The molecule has 1 aliphatic rings. The van der Waals surface area contributed by atoms with Crippen molar-refractivity contribution in [1.82, 2.24) is 5.32 Å². The van der Waals surface area contributed by atoms with Crippen LogP contribution in [0.2, 0.25) is 0 Å². The summed E-state index contributed by atoms with van der Waals surface area (Å²) in [5.41, 5.74) is -1.17. The molecule has 0 saturated heterocycles. The molecule has 0 spiro atoms. The van der Waals surface area contributed by atoms with Gasteiger partial charge in [0, 0.05) is 18.4 Å². The van der Waals surface area contributed by atoms with Crippen LogP contribution in [0.3, 0.4) is 0 Å². The number of carboxylic acids is 1. The average Bonchev–Trinajstić information content (AvgIpc) is 2.59. The lowest BCUT2D eigenvalue weighted by Gasteiger charge is -2.58. The third kappa shape index (κ3) is 4.43. The molecule has 0 bridgehead atoms. The van der Waals surface area contributed by atoms with Crippen molar-refractivity contribution in [2.45, 2.75) is 59.1 Å². The third-order valence-corrected chi connectivity index (χ3v) is 5.35. The van der Waals surface area contributed by atoms with Crippen LogP contribution >= 0.6 is 0 Å². The Labute approximate surface area is 161 Å². The monoisotopic (exact) mass is 377 g/mol. The molecule has 2 atom stereocenters. The van der Waals surface area contributed by atoms with Crippen molar-refractivity contribution >= 4 is 11.9 Å². The molecule has 6 nitrogen and oxygen atoms in total. The molecule has 0 radical (unpaired) electrons. The fraction of sp³-hybridized carbons (Fsp3) is 0.619. The Hall–Kier alpha value is -2.08. The van der Waals surface area contributed by atoms with Gasteiger partial charge in [-0.1, -0.05) is 39.8 Å². The fourth-order valence-corrected chi connectivity index (χ4v) is 3.47. The van der Waals surface area contributed by atoms with Crippen molar-refractivity contribution < 1.29 is 24.2 Å². The van der Waals surface area contributed by atoms with E-state index < -0.39 is 16.9 Å². The minimum atomic E-state index is -1.30. The van der Waals surface area contributed by atoms with Crippen LogP contribution in [0.5, 0.6) is 5.75 Å². The van der Waals surface area contributed by atoms with Crippen LogP contribution in [0.4, 0.5) is 0 Å². The van der Waals surface area contributed by atoms with Crippen molar-refractivity contribution in [2.75, 3.05) is 13.2 Å². The second-order valence-corrected chi connectivity index (χ2v) is 8.15. The fourth-order valence-electron chi connectivity index (χ4n) is 3.47. The van der Waals surface area contributed by atoms with Gasteiger partial charge in [0.1, 0.15) is 11.3 Å². The molecule has 1 saturated carbocycles. The summed E-state index contributed by atoms with van der Waals surface area (Å²) in [7, 11) is 0. The van der Waals surface area contributed by atoms with Gasteiger partial charge >= 0.3 is 5.97 Å². The zero-order chi connectivity index (χ0) is 20.2. The minimum Gasteiger partial charge on any atom is -0.493 e. The number of hydrogen-bond donors (Lipinski definition) is 2. The van der Waals surface area contributed by atoms with Gasteiger partial charge in [0.05, 0.1) is 19.1 Å². The number of amides is 1. The van der Waals surface area contributed by atoms with Gasteiger partial charge in [-0.2, -0.15) is 0 Å². The van der Waals surface area contributed by atoms with Crippen molar-refractivity contribution in [1.29, 1.82) is 0 Å². The summed E-state index contributed by atoms with van der Waals surface area (Å²) in [4.78, 5) is 24.5. The molecule has 6 heteroatoms. The highest BCUT2D eigenvalue weighted by molar-refractivity contribution is 5.90. The van der Waals surface area contributed by atoms with E-state index in [9.17, 15) is 14.7 Å². The summed E-state index contributed by atoms with van der Waals surface area (Å²) < 4.78 is 11.3. The van der Waals surface area contributed by atoms with Gasteiger partial charge in [-0.05, 0) is 30.5 Å². The van der Waals surface area contributed by atoms with E-state index in [1.54, 1.807) is 0 Å². The lowest BCUT2D eigenvalue weighted by atomic mass is 9.54. The summed E-state index contributed by atoms with van der Waals surface area (Å²) in [6.07, 6.45) is 0.211. The Balaban J connectivity index is 2.00. The van der Waals surface area contributed by atoms with Crippen molar-refractivity contribution in [3.63, 3.8) is 0 Å². The molecule has 1 aromatic carbocycles. The maximum absolute atomic E-state index is 12.5. The molecule has 150 valence electrons. The van der Waals surface area contributed by atoms with E-state index in [-0.39, 0.29) is 24.9 Å². The maximum atomic E-state index is 12.5.